The van der Waals surface area contributed by atoms with Crippen LogP contribution in [0.4, 0.5) is 11.4 Å². The van der Waals surface area contributed by atoms with Crippen LogP contribution in [0.15, 0.2) is 77.0 Å². The van der Waals surface area contributed by atoms with E-state index in [1.54, 1.807) is 67.3 Å². The molecule has 5 nitrogen and oxygen atoms in total. The topological polar surface area (TPSA) is 78.1 Å². The molecule has 0 unspecified atom stereocenters. The number of phenols is 2. The van der Waals surface area contributed by atoms with Crippen molar-refractivity contribution in [2.45, 2.75) is 0 Å². The Morgan fingerprint density at radius 2 is 1.25 bits per heavy atom. The highest BCUT2D eigenvalue weighted by molar-refractivity contribution is 5.89. The van der Waals surface area contributed by atoms with Crippen LogP contribution in [0, 0.1) is 0 Å². The van der Waals surface area contributed by atoms with E-state index in [0.29, 0.717) is 22.5 Å². The van der Waals surface area contributed by atoms with Crippen molar-refractivity contribution >= 4 is 23.8 Å². The molecular weight excluding hydrogens is 302 g/mol. The van der Waals surface area contributed by atoms with E-state index in [0.717, 1.165) is 0 Å². The predicted molar refractivity (Wildman–Crippen MR) is 95.0 cm³/mol. The number of aliphatic imine (C=N–C) groups is 2. The fourth-order valence-corrected chi connectivity index (χ4v) is 2.06. The van der Waals surface area contributed by atoms with Crippen molar-refractivity contribution in [2.75, 3.05) is 0 Å². The number of hydrogen-bond acceptors (Lipinski definition) is 5. The molecule has 2 N–H and O–H groups in total. The van der Waals surface area contributed by atoms with Gasteiger partial charge in [-0.15, -0.1) is 0 Å². The van der Waals surface area contributed by atoms with Crippen molar-refractivity contribution in [1.82, 2.24) is 4.98 Å². The second-order valence-corrected chi connectivity index (χ2v) is 5.00. The van der Waals surface area contributed by atoms with E-state index in [1.165, 1.54) is 0 Å². The third-order valence-electron chi connectivity index (χ3n) is 3.34. The van der Waals surface area contributed by atoms with Gasteiger partial charge < -0.3 is 10.2 Å². The van der Waals surface area contributed by atoms with Crippen LogP contribution in [0.3, 0.4) is 0 Å². The lowest BCUT2D eigenvalue weighted by Gasteiger charge is -2.01. The van der Waals surface area contributed by atoms with E-state index < -0.39 is 0 Å². The first-order valence-corrected chi connectivity index (χ1v) is 7.32. The molecule has 1 aromatic heterocycles. The van der Waals surface area contributed by atoms with Gasteiger partial charge in [0.25, 0.3) is 0 Å². The van der Waals surface area contributed by atoms with Gasteiger partial charge in [-0.2, -0.15) is 0 Å². The van der Waals surface area contributed by atoms with Crippen molar-refractivity contribution in [2.24, 2.45) is 9.98 Å². The fraction of sp³-hybridized carbons (Fsp3) is 0. The van der Waals surface area contributed by atoms with Gasteiger partial charge in [0.1, 0.15) is 17.2 Å². The summed E-state index contributed by atoms with van der Waals surface area (Å²) in [5.41, 5.74) is 2.40. The second kappa shape index (κ2) is 7.19. The molecule has 0 spiro atoms. The zero-order valence-corrected chi connectivity index (χ0v) is 12.7. The number of pyridine rings is 1. The first-order chi connectivity index (χ1) is 11.7. The predicted octanol–water partition coefficient (Wildman–Crippen LogP) is 3.99. The van der Waals surface area contributed by atoms with Gasteiger partial charge in [0.15, 0.2) is 0 Å². The molecule has 2 aromatic carbocycles. The summed E-state index contributed by atoms with van der Waals surface area (Å²) in [6.45, 7) is 0. The zero-order chi connectivity index (χ0) is 16.8. The van der Waals surface area contributed by atoms with Crippen LogP contribution >= 0.6 is 0 Å². The maximum Gasteiger partial charge on any atom is 0.124 e. The molecule has 118 valence electrons. The van der Waals surface area contributed by atoms with Crippen LogP contribution in [0.5, 0.6) is 11.5 Å². The largest absolute Gasteiger partial charge is 0.507 e. The lowest BCUT2D eigenvalue weighted by molar-refractivity contribution is 0.474. The lowest BCUT2D eigenvalue weighted by Crippen LogP contribution is -1.83. The summed E-state index contributed by atoms with van der Waals surface area (Å²) < 4.78 is 0. The molecule has 0 radical (unpaired) electrons. The van der Waals surface area contributed by atoms with Crippen LogP contribution in [0.1, 0.15) is 11.1 Å². The third-order valence-corrected chi connectivity index (χ3v) is 3.34. The summed E-state index contributed by atoms with van der Waals surface area (Å²) in [6.07, 6.45) is 6.35. The van der Waals surface area contributed by atoms with E-state index in [2.05, 4.69) is 15.0 Å². The molecule has 0 aliphatic rings. The van der Waals surface area contributed by atoms with Crippen LogP contribution in [0.2, 0.25) is 0 Å². The molecule has 3 rings (SSSR count). The van der Waals surface area contributed by atoms with Gasteiger partial charge in [0.05, 0.1) is 11.9 Å². The molecule has 3 aromatic rings. The molecule has 24 heavy (non-hydrogen) atoms. The van der Waals surface area contributed by atoms with E-state index >= 15 is 0 Å². The number of aromatic hydroxyl groups is 2. The van der Waals surface area contributed by atoms with Crippen LogP contribution in [-0.2, 0) is 0 Å². The third kappa shape index (κ3) is 3.64. The summed E-state index contributed by atoms with van der Waals surface area (Å²) in [5.74, 6) is 0.318. The Labute approximate surface area is 139 Å². The Morgan fingerprint density at radius 3 is 1.83 bits per heavy atom. The molecule has 0 saturated carbocycles. The van der Waals surface area contributed by atoms with Gasteiger partial charge >= 0.3 is 0 Å². The Hall–Kier alpha value is -3.47. The standard InChI is InChI=1S/C19H15N3O2/c23-18-7-3-1-5-14(18)11-21-16-9-10-20-13-17(16)22-12-15-6-2-4-8-19(15)24/h1-13,23-24H. The summed E-state index contributed by atoms with van der Waals surface area (Å²) in [5, 5.41) is 19.6. The van der Waals surface area contributed by atoms with Crippen molar-refractivity contribution < 1.29 is 10.2 Å². The normalized spacial score (nSPS) is 11.3. The number of para-hydroxylation sites is 2. The minimum absolute atomic E-state index is 0.157. The molecular formula is C19H15N3O2. The highest BCUT2D eigenvalue weighted by Crippen LogP contribution is 2.27. The summed E-state index contributed by atoms with van der Waals surface area (Å²) >= 11 is 0. The number of hydrogen-bond donors (Lipinski definition) is 2. The minimum atomic E-state index is 0.157. The van der Waals surface area contributed by atoms with Crippen molar-refractivity contribution in [1.29, 1.82) is 0 Å². The van der Waals surface area contributed by atoms with Gasteiger partial charge in [-0.1, -0.05) is 24.3 Å². The molecule has 0 atom stereocenters. The van der Waals surface area contributed by atoms with E-state index in [9.17, 15) is 10.2 Å². The van der Waals surface area contributed by atoms with Crippen molar-refractivity contribution in [3.8, 4) is 11.5 Å². The maximum absolute atomic E-state index is 9.78. The van der Waals surface area contributed by atoms with Crippen LogP contribution in [-0.4, -0.2) is 27.6 Å². The number of phenolic OH excluding ortho intramolecular Hbond substituents is 2. The highest BCUT2D eigenvalue weighted by Gasteiger charge is 2.01. The molecule has 0 saturated heterocycles. The smallest absolute Gasteiger partial charge is 0.124 e. The Morgan fingerprint density at radius 1 is 0.708 bits per heavy atom. The average Bonchev–Trinajstić information content (AvgIpc) is 2.61. The maximum atomic E-state index is 9.78. The highest BCUT2D eigenvalue weighted by atomic mass is 16.3. The first kappa shape index (κ1) is 15.4. The van der Waals surface area contributed by atoms with Crippen LogP contribution < -0.4 is 0 Å². The molecule has 0 fully saturated rings. The van der Waals surface area contributed by atoms with Gasteiger partial charge in [-0.3, -0.25) is 15.0 Å². The summed E-state index contributed by atoms with van der Waals surface area (Å²) in [7, 11) is 0. The van der Waals surface area contributed by atoms with Crippen LogP contribution in [0.25, 0.3) is 0 Å². The summed E-state index contributed by atoms with van der Waals surface area (Å²) in [4.78, 5) is 12.8. The molecule has 0 aliphatic carbocycles. The quantitative estimate of drug-likeness (QED) is 0.714. The number of benzene rings is 2. The van der Waals surface area contributed by atoms with Gasteiger partial charge in [-0.05, 0) is 30.3 Å². The van der Waals surface area contributed by atoms with E-state index in [-0.39, 0.29) is 11.5 Å². The average molecular weight is 317 g/mol. The Bertz CT molecular complexity index is 830. The zero-order valence-electron chi connectivity index (χ0n) is 12.7. The molecule has 0 aliphatic heterocycles. The fourth-order valence-electron chi connectivity index (χ4n) is 2.06. The SMILES string of the molecule is Oc1ccccc1C=Nc1ccncc1N=Cc1ccccc1O. The molecule has 5 heteroatoms. The van der Waals surface area contributed by atoms with Crippen molar-refractivity contribution in [3.05, 3.63) is 78.1 Å². The second-order valence-electron chi connectivity index (χ2n) is 5.00. The van der Waals surface area contributed by atoms with E-state index in [1.807, 2.05) is 12.1 Å². The first-order valence-electron chi connectivity index (χ1n) is 7.32. The van der Waals surface area contributed by atoms with E-state index in [4.69, 9.17) is 0 Å². The summed E-state index contributed by atoms with van der Waals surface area (Å²) in [6, 6.07) is 15.6. The number of aromatic nitrogens is 1. The number of nitrogens with zero attached hydrogens (tertiary/aromatic N) is 3. The van der Waals surface area contributed by atoms with Gasteiger partial charge in [0, 0.05) is 29.8 Å². The Kier molecular flexibility index (Phi) is 4.62. The lowest BCUT2D eigenvalue weighted by atomic mass is 10.2. The monoisotopic (exact) mass is 317 g/mol. The minimum Gasteiger partial charge on any atom is -0.507 e. The molecule has 1 heterocycles. The number of rotatable bonds is 4. The van der Waals surface area contributed by atoms with Gasteiger partial charge in [0.2, 0.25) is 0 Å². The van der Waals surface area contributed by atoms with Gasteiger partial charge in [-0.25, -0.2) is 0 Å². The van der Waals surface area contributed by atoms with Crippen molar-refractivity contribution in [3.63, 3.8) is 0 Å². The molecule has 0 bridgehead atoms. The Balaban J connectivity index is 1.89. The molecule has 0 amide bonds.